The fourth-order valence-corrected chi connectivity index (χ4v) is 3.28. The number of benzene rings is 1. The Kier molecular flexibility index (Phi) is 6.92. The highest BCUT2D eigenvalue weighted by molar-refractivity contribution is 6.44. The summed E-state index contributed by atoms with van der Waals surface area (Å²) >= 11 is 0. The molecule has 3 nitrogen and oxygen atoms in total. The van der Waals surface area contributed by atoms with E-state index in [2.05, 4.69) is 13.8 Å². The van der Waals surface area contributed by atoms with Gasteiger partial charge in [-0.25, -0.2) is 0 Å². The van der Waals surface area contributed by atoms with E-state index < -0.39 is 9.28 Å². The van der Waals surface area contributed by atoms with Crippen LogP contribution in [0.4, 0.5) is 0 Å². The van der Waals surface area contributed by atoms with Crippen molar-refractivity contribution in [3.8, 4) is 5.75 Å². The SMILES string of the molecule is CCCO[SiH](CCC)OCc1ccccc1O. The van der Waals surface area contributed by atoms with Crippen LogP contribution in [0.25, 0.3) is 0 Å². The zero-order chi connectivity index (χ0) is 12.5. The van der Waals surface area contributed by atoms with Gasteiger partial charge in [-0.15, -0.1) is 0 Å². The van der Waals surface area contributed by atoms with Crippen LogP contribution in [-0.4, -0.2) is 21.0 Å². The molecule has 1 aromatic rings. The molecule has 0 saturated heterocycles. The first-order valence-electron chi connectivity index (χ1n) is 6.28. The minimum Gasteiger partial charge on any atom is -0.508 e. The third-order valence-electron chi connectivity index (χ3n) is 2.45. The Labute approximate surface area is 105 Å². The highest BCUT2D eigenvalue weighted by Gasteiger charge is 2.12. The zero-order valence-corrected chi connectivity index (χ0v) is 11.8. The zero-order valence-electron chi connectivity index (χ0n) is 10.7. The van der Waals surface area contributed by atoms with Crippen LogP contribution >= 0.6 is 0 Å². The fourth-order valence-electron chi connectivity index (χ4n) is 1.52. The number of hydrogen-bond acceptors (Lipinski definition) is 3. The first kappa shape index (κ1) is 14.2. The summed E-state index contributed by atoms with van der Waals surface area (Å²) in [5.41, 5.74) is 0.834. The van der Waals surface area contributed by atoms with Gasteiger partial charge in [0.2, 0.25) is 0 Å². The number of phenolic OH excluding ortho intramolecular Hbond substituents is 1. The van der Waals surface area contributed by atoms with Crippen LogP contribution in [0.3, 0.4) is 0 Å². The fraction of sp³-hybridized carbons (Fsp3) is 0.538. The molecule has 1 atom stereocenters. The summed E-state index contributed by atoms with van der Waals surface area (Å²) in [7, 11) is -1.55. The second kappa shape index (κ2) is 8.28. The number of rotatable bonds is 8. The Bertz CT molecular complexity index is 317. The quantitative estimate of drug-likeness (QED) is 0.725. The molecule has 0 heterocycles. The van der Waals surface area contributed by atoms with Crippen molar-refractivity contribution >= 4 is 9.28 Å². The molecule has 0 aliphatic rings. The van der Waals surface area contributed by atoms with Gasteiger partial charge in [0.05, 0.1) is 6.61 Å². The maximum Gasteiger partial charge on any atom is 0.321 e. The molecule has 1 aromatic carbocycles. The van der Waals surface area contributed by atoms with Crippen LogP contribution in [0.5, 0.6) is 5.75 Å². The second-order valence-corrected chi connectivity index (χ2v) is 6.13. The van der Waals surface area contributed by atoms with Gasteiger partial charge in [-0.05, 0) is 18.5 Å². The molecule has 1 unspecified atom stereocenters. The van der Waals surface area contributed by atoms with Crippen molar-refractivity contribution in [2.75, 3.05) is 6.61 Å². The van der Waals surface area contributed by atoms with E-state index >= 15 is 0 Å². The molecular formula is C13H22O3Si. The number of aromatic hydroxyl groups is 1. The van der Waals surface area contributed by atoms with Gasteiger partial charge in [0.25, 0.3) is 0 Å². The van der Waals surface area contributed by atoms with E-state index in [9.17, 15) is 5.11 Å². The first-order valence-corrected chi connectivity index (χ1v) is 8.04. The highest BCUT2D eigenvalue weighted by Crippen LogP contribution is 2.17. The number of hydrogen-bond donors (Lipinski definition) is 1. The lowest BCUT2D eigenvalue weighted by atomic mass is 10.2. The summed E-state index contributed by atoms with van der Waals surface area (Å²) < 4.78 is 11.5. The first-order chi connectivity index (χ1) is 8.27. The highest BCUT2D eigenvalue weighted by atomic mass is 28.3. The van der Waals surface area contributed by atoms with Gasteiger partial charge in [-0.2, -0.15) is 0 Å². The number of phenols is 1. The summed E-state index contributed by atoms with van der Waals surface area (Å²) in [6.07, 6.45) is 2.11. The maximum absolute atomic E-state index is 9.62. The Morgan fingerprint density at radius 3 is 2.53 bits per heavy atom. The largest absolute Gasteiger partial charge is 0.508 e. The van der Waals surface area contributed by atoms with Crippen molar-refractivity contribution in [2.24, 2.45) is 0 Å². The molecule has 0 radical (unpaired) electrons. The summed E-state index contributed by atoms with van der Waals surface area (Å²) in [4.78, 5) is 0. The second-order valence-electron chi connectivity index (χ2n) is 4.03. The van der Waals surface area contributed by atoms with E-state index in [1.165, 1.54) is 0 Å². The van der Waals surface area contributed by atoms with Crippen molar-refractivity contribution in [3.05, 3.63) is 29.8 Å². The molecule has 17 heavy (non-hydrogen) atoms. The van der Waals surface area contributed by atoms with Crippen LogP contribution in [0.15, 0.2) is 24.3 Å². The molecule has 1 N–H and O–H groups in total. The molecule has 0 amide bonds. The third kappa shape index (κ3) is 5.34. The summed E-state index contributed by atoms with van der Waals surface area (Å²) in [6.45, 7) is 5.46. The van der Waals surface area contributed by atoms with Gasteiger partial charge in [0, 0.05) is 12.2 Å². The van der Waals surface area contributed by atoms with Gasteiger partial charge in [0.1, 0.15) is 5.75 Å². The third-order valence-corrected chi connectivity index (χ3v) is 4.64. The predicted octanol–water partition coefficient (Wildman–Crippen LogP) is 2.97. The molecule has 96 valence electrons. The molecule has 0 bridgehead atoms. The molecule has 0 aliphatic heterocycles. The van der Waals surface area contributed by atoms with E-state index in [-0.39, 0.29) is 0 Å². The Hall–Kier alpha value is -0.843. The van der Waals surface area contributed by atoms with Crippen molar-refractivity contribution in [3.63, 3.8) is 0 Å². The molecule has 4 heteroatoms. The van der Waals surface area contributed by atoms with Gasteiger partial charge < -0.3 is 14.0 Å². The van der Waals surface area contributed by atoms with Crippen LogP contribution in [0, 0.1) is 0 Å². The molecule has 0 saturated carbocycles. The topological polar surface area (TPSA) is 38.7 Å². The Morgan fingerprint density at radius 2 is 1.88 bits per heavy atom. The minimum atomic E-state index is -1.55. The molecule has 1 rings (SSSR count). The Morgan fingerprint density at radius 1 is 1.12 bits per heavy atom. The average molecular weight is 254 g/mol. The predicted molar refractivity (Wildman–Crippen MR) is 71.4 cm³/mol. The van der Waals surface area contributed by atoms with Crippen molar-refractivity contribution < 1.29 is 14.0 Å². The molecule has 0 spiro atoms. The van der Waals surface area contributed by atoms with Crippen molar-refractivity contribution in [2.45, 2.75) is 39.3 Å². The molecule has 0 aliphatic carbocycles. The Balaban J connectivity index is 2.42. The minimum absolute atomic E-state index is 0.298. The maximum atomic E-state index is 9.62. The van der Waals surface area contributed by atoms with E-state index in [1.807, 2.05) is 18.2 Å². The molecular weight excluding hydrogens is 232 g/mol. The standard InChI is InChI=1S/C13H22O3Si/c1-3-9-15-17(10-4-2)16-11-12-7-5-6-8-13(12)14/h5-8,14,17H,3-4,9-11H2,1-2H3. The van der Waals surface area contributed by atoms with E-state index in [0.717, 1.165) is 31.1 Å². The van der Waals surface area contributed by atoms with Crippen LogP contribution in [0.1, 0.15) is 32.3 Å². The van der Waals surface area contributed by atoms with Crippen molar-refractivity contribution in [1.29, 1.82) is 0 Å². The van der Waals surface area contributed by atoms with Gasteiger partial charge in [0.15, 0.2) is 0 Å². The number of para-hydroxylation sites is 1. The van der Waals surface area contributed by atoms with Gasteiger partial charge in [-0.1, -0.05) is 38.5 Å². The summed E-state index contributed by atoms with van der Waals surface area (Å²) in [5.74, 6) is 0.298. The summed E-state index contributed by atoms with van der Waals surface area (Å²) in [5, 5.41) is 9.62. The van der Waals surface area contributed by atoms with Gasteiger partial charge >= 0.3 is 9.28 Å². The van der Waals surface area contributed by atoms with Crippen LogP contribution in [0.2, 0.25) is 6.04 Å². The smallest absolute Gasteiger partial charge is 0.321 e. The van der Waals surface area contributed by atoms with E-state index in [4.69, 9.17) is 8.85 Å². The molecule has 0 aromatic heterocycles. The van der Waals surface area contributed by atoms with E-state index in [0.29, 0.717) is 12.4 Å². The lowest BCUT2D eigenvalue weighted by Gasteiger charge is -2.16. The van der Waals surface area contributed by atoms with Crippen LogP contribution in [-0.2, 0) is 15.5 Å². The van der Waals surface area contributed by atoms with Crippen molar-refractivity contribution in [1.82, 2.24) is 0 Å². The normalized spacial score (nSPS) is 12.6. The monoisotopic (exact) mass is 254 g/mol. The average Bonchev–Trinajstić information content (AvgIpc) is 2.34. The molecule has 0 fully saturated rings. The van der Waals surface area contributed by atoms with Gasteiger partial charge in [-0.3, -0.25) is 0 Å². The summed E-state index contributed by atoms with van der Waals surface area (Å²) in [6, 6.07) is 8.30. The lowest BCUT2D eigenvalue weighted by molar-refractivity contribution is 0.187. The van der Waals surface area contributed by atoms with Crippen LogP contribution < -0.4 is 0 Å². The van der Waals surface area contributed by atoms with E-state index in [1.54, 1.807) is 6.07 Å². The lowest BCUT2D eigenvalue weighted by Crippen LogP contribution is -2.22.